The van der Waals surface area contributed by atoms with Crippen LogP contribution in [0.2, 0.25) is 0 Å². The number of hydrogen-bond donors (Lipinski definition) is 1. The van der Waals surface area contributed by atoms with Crippen molar-refractivity contribution in [1.82, 2.24) is 4.90 Å². The highest BCUT2D eigenvalue weighted by atomic mass is 19.1. The Kier molecular flexibility index (Phi) is 6.37. The summed E-state index contributed by atoms with van der Waals surface area (Å²) in [7, 11) is 1.61. The van der Waals surface area contributed by atoms with Crippen LogP contribution in [0.15, 0.2) is 34.4 Å². The van der Waals surface area contributed by atoms with E-state index in [-0.39, 0.29) is 17.8 Å². The molecule has 2 N–H and O–H groups in total. The maximum atomic E-state index is 14.9. The van der Waals surface area contributed by atoms with Crippen molar-refractivity contribution < 1.29 is 13.9 Å². The molecule has 0 aromatic heterocycles. The van der Waals surface area contributed by atoms with Gasteiger partial charge >= 0.3 is 0 Å². The molecule has 0 bridgehead atoms. The number of carbonyl (C=O) groups is 1. The topological polar surface area (TPSA) is 80.3 Å². The standard InChI is InChI=1S/C25H29FN4O2/c1-15-16(2)22-14-30(13-20-5-4-8-32-20)25(31)21(22)10-19(15)9-17-6-7-18(11-23(17)26)24(29-27)12-28-3/h6-7,10-12,20H,4-5,8-9,13-14,27H2,1-3H3. The van der Waals surface area contributed by atoms with Gasteiger partial charge in [-0.2, -0.15) is 5.10 Å². The number of benzene rings is 2. The van der Waals surface area contributed by atoms with Crippen LogP contribution < -0.4 is 5.84 Å². The molecule has 2 aliphatic rings. The highest BCUT2D eigenvalue weighted by molar-refractivity contribution is 6.38. The van der Waals surface area contributed by atoms with E-state index in [4.69, 9.17) is 10.6 Å². The number of nitrogens with two attached hydrogens (primary N) is 1. The Morgan fingerprint density at radius 2 is 2.09 bits per heavy atom. The van der Waals surface area contributed by atoms with Crippen molar-refractivity contribution in [3.8, 4) is 0 Å². The molecule has 1 unspecified atom stereocenters. The van der Waals surface area contributed by atoms with Gasteiger partial charge < -0.3 is 15.5 Å². The van der Waals surface area contributed by atoms with Gasteiger partial charge in [0.25, 0.3) is 5.91 Å². The third-order valence-corrected chi connectivity index (χ3v) is 6.58. The van der Waals surface area contributed by atoms with Gasteiger partial charge in [0, 0.05) is 50.5 Å². The molecule has 0 saturated carbocycles. The molecular formula is C25H29FN4O2. The van der Waals surface area contributed by atoms with E-state index < -0.39 is 0 Å². The van der Waals surface area contributed by atoms with E-state index in [0.717, 1.165) is 47.3 Å². The van der Waals surface area contributed by atoms with E-state index in [1.54, 1.807) is 19.2 Å². The number of hydrazone groups is 1. The summed E-state index contributed by atoms with van der Waals surface area (Å²) < 4.78 is 20.6. The van der Waals surface area contributed by atoms with Crippen LogP contribution in [-0.4, -0.2) is 49.0 Å². The maximum absolute atomic E-state index is 14.9. The Morgan fingerprint density at radius 3 is 2.75 bits per heavy atom. The van der Waals surface area contributed by atoms with E-state index in [1.807, 2.05) is 24.8 Å². The van der Waals surface area contributed by atoms with Crippen molar-refractivity contribution in [3.63, 3.8) is 0 Å². The lowest BCUT2D eigenvalue weighted by atomic mass is 9.91. The Hall–Kier alpha value is -3.06. The average molecular weight is 437 g/mol. The Bertz CT molecular complexity index is 1100. The predicted octanol–water partition coefficient (Wildman–Crippen LogP) is 3.53. The van der Waals surface area contributed by atoms with Gasteiger partial charge in [-0.1, -0.05) is 12.1 Å². The monoisotopic (exact) mass is 436 g/mol. The SMILES string of the molecule is CN=CC(=NN)c1ccc(Cc2cc3c(c(C)c2C)CN(CC2CCCO2)C3=O)c(F)c1. The normalized spacial score (nSPS) is 18.8. The van der Waals surface area contributed by atoms with Crippen molar-refractivity contribution in [3.05, 3.63) is 69.0 Å². The summed E-state index contributed by atoms with van der Waals surface area (Å²) >= 11 is 0. The minimum Gasteiger partial charge on any atom is -0.376 e. The highest BCUT2D eigenvalue weighted by Crippen LogP contribution is 2.32. The first-order valence-corrected chi connectivity index (χ1v) is 10.9. The minimum absolute atomic E-state index is 0.0401. The molecule has 7 heteroatoms. The van der Waals surface area contributed by atoms with E-state index in [0.29, 0.717) is 36.3 Å². The number of rotatable bonds is 6. The Morgan fingerprint density at radius 1 is 1.28 bits per heavy atom. The Balaban J connectivity index is 1.59. The third kappa shape index (κ3) is 4.17. The first kappa shape index (κ1) is 22.1. The van der Waals surface area contributed by atoms with Crippen LogP contribution in [0.3, 0.4) is 0 Å². The van der Waals surface area contributed by atoms with Crippen molar-refractivity contribution in [2.75, 3.05) is 20.2 Å². The highest BCUT2D eigenvalue weighted by Gasteiger charge is 2.32. The molecule has 6 nitrogen and oxygen atoms in total. The molecule has 1 fully saturated rings. The van der Waals surface area contributed by atoms with Crippen LogP contribution >= 0.6 is 0 Å². The summed E-state index contributed by atoms with van der Waals surface area (Å²) in [6.07, 6.45) is 4.08. The molecule has 2 aliphatic heterocycles. The van der Waals surface area contributed by atoms with Gasteiger partial charge in [-0.25, -0.2) is 4.39 Å². The van der Waals surface area contributed by atoms with Gasteiger partial charge in [0.1, 0.15) is 11.5 Å². The van der Waals surface area contributed by atoms with Crippen LogP contribution in [0.25, 0.3) is 0 Å². The molecule has 32 heavy (non-hydrogen) atoms. The van der Waals surface area contributed by atoms with Crippen molar-refractivity contribution >= 4 is 17.8 Å². The van der Waals surface area contributed by atoms with E-state index in [1.165, 1.54) is 12.3 Å². The maximum Gasteiger partial charge on any atom is 0.254 e. The lowest BCUT2D eigenvalue weighted by molar-refractivity contribution is 0.0545. The molecule has 1 amide bonds. The minimum atomic E-state index is -0.336. The summed E-state index contributed by atoms with van der Waals surface area (Å²) in [4.78, 5) is 18.9. The molecular weight excluding hydrogens is 407 g/mol. The second kappa shape index (κ2) is 9.20. The number of fused-ring (bicyclic) bond motifs is 1. The van der Waals surface area contributed by atoms with E-state index in [9.17, 15) is 9.18 Å². The van der Waals surface area contributed by atoms with Crippen molar-refractivity contribution in [2.45, 2.75) is 45.8 Å². The van der Waals surface area contributed by atoms with Gasteiger partial charge in [0.2, 0.25) is 0 Å². The Labute approximate surface area is 188 Å². The van der Waals surface area contributed by atoms with Gasteiger partial charge in [0.05, 0.1) is 6.10 Å². The molecule has 2 aromatic rings. The lowest BCUT2D eigenvalue weighted by Gasteiger charge is -2.19. The number of nitrogens with zero attached hydrogens (tertiary/aromatic N) is 3. The number of halogens is 1. The van der Waals surface area contributed by atoms with E-state index in [2.05, 4.69) is 10.1 Å². The van der Waals surface area contributed by atoms with Crippen LogP contribution in [0.4, 0.5) is 4.39 Å². The number of amides is 1. The number of ether oxygens (including phenoxy) is 1. The first-order chi connectivity index (χ1) is 15.4. The fourth-order valence-electron chi connectivity index (χ4n) is 4.59. The molecule has 4 rings (SSSR count). The number of aliphatic imine (C=N–C) groups is 1. The molecule has 0 spiro atoms. The van der Waals surface area contributed by atoms with E-state index >= 15 is 0 Å². The number of hydrogen-bond acceptors (Lipinski definition) is 5. The first-order valence-electron chi connectivity index (χ1n) is 10.9. The fraction of sp³-hybridized carbons (Fsp3) is 0.400. The summed E-state index contributed by atoms with van der Waals surface area (Å²) in [5.41, 5.74) is 6.52. The van der Waals surface area contributed by atoms with Crippen LogP contribution in [0.1, 0.15) is 56.6 Å². The summed E-state index contributed by atoms with van der Waals surface area (Å²) in [6.45, 7) is 6.11. The molecule has 0 radical (unpaired) electrons. The molecule has 168 valence electrons. The molecule has 0 aliphatic carbocycles. The van der Waals surface area contributed by atoms with Crippen LogP contribution in [0, 0.1) is 19.7 Å². The predicted molar refractivity (Wildman–Crippen MR) is 124 cm³/mol. The van der Waals surface area contributed by atoms with Gasteiger partial charge in [-0.3, -0.25) is 9.79 Å². The zero-order valence-electron chi connectivity index (χ0n) is 18.8. The molecule has 2 heterocycles. The lowest BCUT2D eigenvalue weighted by Crippen LogP contribution is -2.32. The molecule has 1 atom stereocenters. The van der Waals surface area contributed by atoms with Crippen molar-refractivity contribution in [1.29, 1.82) is 0 Å². The quantitative estimate of drug-likeness (QED) is 0.427. The fourth-order valence-corrected chi connectivity index (χ4v) is 4.59. The largest absolute Gasteiger partial charge is 0.376 e. The second-order valence-corrected chi connectivity index (χ2v) is 8.52. The van der Waals surface area contributed by atoms with Crippen molar-refractivity contribution in [2.24, 2.45) is 15.9 Å². The second-order valence-electron chi connectivity index (χ2n) is 8.52. The molecule has 1 saturated heterocycles. The third-order valence-electron chi connectivity index (χ3n) is 6.58. The summed E-state index contributed by atoms with van der Waals surface area (Å²) in [5.74, 6) is 5.10. The summed E-state index contributed by atoms with van der Waals surface area (Å²) in [5, 5.41) is 3.67. The van der Waals surface area contributed by atoms with Crippen LogP contribution in [0.5, 0.6) is 0 Å². The average Bonchev–Trinajstić information content (AvgIpc) is 3.40. The van der Waals surface area contributed by atoms with Gasteiger partial charge in [-0.15, -0.1) is 0 Å². The smallest absolute Gasteiger partial charge is 0.254 e. The summed E-state index contributed by atoms with van der Waals surface area (Å²) in [6, 6.07) is 6.90. The molecule has 2 aromatic carbocycles. The van der Waals surface area contributed by atoms with Gasteiger partial charge in [-0.05, 0) is 66.6 Å². The zero-order chi connectivity index (χ0) is 22.8. The van der Waals surface area contributed by atoms with Crippen LogP contribution in [-0.2, 0) is 17.7 Å². The number of carbonyl (C=O) groups excluding carboxylic acids is 1. The van der Waals surface area contributed by atoms with Gasteiger partial charge in [0.15, 0.2) is 0 Å². The zero-order valence-corrected chi connectivity index (χ0v) is 18.8.